The summed E-state index contributed by atoms with van der Waals surface area (Å²) in [5.41, 5.74) is 11.0. The van der Waals surface area contributed by atoms with E-state index in [1.807, 2.05) is 11.3 Å². The van der Waals surface area contributed by atoms with Gasteiger partial charge in [0.05, 0.1) is 11.0 Å². The van der Waals surface area contributed by atoms with Crippen molar-refractivity contribution >= 4 is 81.1 Å². The normalized spacial score (nSPS) is 17.2. The molecule has 57 heavy (non-hydrogen) atoms. The first-order valence-corrected chi connectivity index (χ1v) is 20.5. The van der Waals surface area contributed by atoms with Crippen molar-refractivity contribution in [3.8, 4) is 16.8 Å². The number of furan rings is 1. The lowest BCUT2D eigenvalue weighted by Gasteiger charge is -2.33. The Hall–Kier alpha value is -6.73. The van der Waals surface area contributed by atoms with E-state index in [1.54, 1.807) is 0 Å². The number of allylic oxidation sites excluding steroid dienone is 2. The fraction of sp³-hybridized carbons (Fsp3) is 0.0784. The number of aliphatic imine (C=N–C) groups is 1. The predicted octanol–water partition coefficient (Wildman–Crippen LogP) is 13.3. The molecule has 12 rings (SSSR count). The number of fused-ring (bicyclic) bond motifs is 9. The zero-order valence-corrected chi connectivity index (χ0v) is 31.8. The lowest BCUT2D eigenvalue weighted by atomic mass is 9.96. The first kappa shape index (κ1) is 32.5. The Morgan fingerprint density at radius 1 is 0.632 bits per heavy atom. The van der Waals surface area contributed by atoms with Crippen LogP contribution in [0.15, 0.2) is 185 Å². The van der Waals surface area contributed by atoms with E-state index in [9.17, 15) is 0 Å². The van der Waals surface area contributed by atoms with Gasteiger partial charge in [-0.1, -0.05) is 127 Å². The van der Waals surface area contributed by atoms with Crippen molar-refractivity contribution in [3.05, 3.63) is 187 Å². The van der Waals surface area contributed by atoms with Crippen LogP contribution < -0.4 is 10.6 Å². The molecule has 0 saturated carbocycles. The van der Waals surface area contributed by atoms with Gasteiger partial charge in [-0.05, 0) is 66.4 Å². The molecular formula is C51H36N4OS. The van der Waals surface area contributed by atoms with Crippen LogP contribution in [0.1, 0.15) is 36.3 Å². The van der Waals surface area contributed by atoms with Gasteiger partial charge in [0, 0.05) is 64.1 Å². The molecule has 0 saturated heterocycles. The SMILES string of the molecule is C1=CC(C2=NC(c3ccccc3)NC(c3cccc4oc5c(-c6cccc7sc8ccc(-n9c%10ccccc%10c%10ccccc%109)cc8c67)cccc5c34)N2)=CCC1. The smallest absolute Gasteiger partial charge is 0.143 e. The second-order valence-electron chi connectivity index (χ2n) is 15.0. The molecule has 2 atom stereocenters. The van der Waals surface area contributed by atoms with Crippen LogP contribution in [0.4, 0.5) is 0 Å². The molecule has 6 heteroatoms. The average Bonchev–Trinajstić information content (AvgIpc) is 3.96. The number of benzene rings is 7. The number of amidine groups is 1. The van der Waals surface area contributed by atoms with Crippen LogP contribution in [0.3, 0.4) is 0 Å². The van der Waals surface area contributed by atoms with Crippen molar-refractivity contribution in [1.29, 1.82) is 0 Å². The molecule has 0 spiro atoms. The monoisotopic (exact) mass is 752 g/mol. The highest BCUT2D eigenvalue weighted by Crippen LogP contribution is 2.45. The molecule has 2 aliphatic rings. The van der Waals surface area contributed by atoms with Crippen molar-refractivity contribution < 1.29 is 4.42 Å². The Kier molecular flexibility index (Phi) is 7.37. The highest BCUT2D eigenvalue weighted by Gasteiger charge is 2.29. The summed E-state index contributed by atoms with van der Waals surface area (Å²) in [5.74, 6) is 0.908. The second-order valence-corrected chi connectivity index (χ2v) is 16.1. The molecule has 0 radical (unpaired) electrons. The Labute approximate surface area is 332 Å². The fourth-order valence-electron chi connectivity index (χ4n) is 9.17. The van der Waals surface area contributed by atoms with Crippen molar-refractivity contribution in [2.24, 2.45) is 4.99 Å². The number of thiophene rings is 1. The van der Waals surface area contributed by atoms with Gasteiger partial charge in [0.15, 0.2) is 0 Å². The lowest BCUT2D eigenvalue weighted by molar-refractivity contribution is 0.411. The van der Waals surface area contributed by atoms with E-state index in [-0.39, 0.29) is 12.3 Å². The molecule has 4 heterocycles. The highest BCUT2D eigenvalue weighted by atomic mass is 32.1. The minimum atomic E-state index is -0.204. The van der Waals surface area contributed by atoms with E-state index >= 15 is 0 Å². The summed E-state index contributed by atoms with van der Waals surface area (Å²) >= 11 is 1.85. The number of para-hydroxylation sites is 3. The third-order valence-corrected chi connectivity index (χ3v) is 12.9. The number of rotatable bonds is 5. The van der Waals surface area contributed by atoms with Crippen molar-refractivity contribution in [3.63, 3.8) is 0 Å². The van der Waals surface area contributed by atoms with Gasteiger partial charge in [-0.15, -0.1) is 11.3 Å². The van der Waals surface area contributed by atoms with E-state index in [1.165, 1.54) is 47.5 Å². The van der Waals surface area contributed by atoms with Crippen LogP contribution in [0.2, 0.25) is 0 Å². The summed E-state index contributed by atoms with van der Waals surface area (Å²) in [7, 11) is 0. The van der Waals surface area contributed by atoms with Crippen LogP contribution in [0, 0.1) is 0 Å². The Bertz CT molecular complexity index is 3270. The van der Waals surface area contributed by atoms with Gasteiger partial charge in [0.2, 0.25) is 0 Å². The number of hydrogen-bond donors (Lipinski definition) is 2. The maximum absolute atomic E-state index is 6.93. The molecule has 7 aromatic carbocycles. The summed E-state index contributed by atoms with van der Waals surface area (Å²) in [6.07, 6.45) is 8.39. The van der Waals surface area contributed by atoms with E-state index in [4.69, 9.17) is 9.41 Å². The lowest BCUT2D eigenvalue weighted by Crippen LogP contribution is -2.45. The summed E-state index contributed by atoms with van der Waals surface area (Å²) in [5, 5.41) is 14.9. The molecule has 1 aliphatic carbocycles. The van der Waals surface area contributed by atoms with E-state index < -0.39 is 0 Å². The molecule has 3 aromatic heterocycles. The number of aromatic nitrogens is 1. The van der Waals surface area contributed by atoms with Crippen LogP contribution >= 0.6 is 11.3 Å². The molecule has 5 nitrogen and oxygen atoms in total. The summed E-state index contributed by atoms with van der Waals surface area (Å²) in [6.45, 7) is 0. The minimum absolute atomic E-state index is 0.199. The molecule has 0 bridgehead atoms. The van der Waals surface area contributed by atoms with Gasteiger partial charge in [-0.3, -0.25) is 5.32 Å². The number of nitrogens with one attached hydrogen (secondary N) is 2. The maximum Gasteiger partial charge on any atom is 0.143 e. The molecule has 272 valence electrons. The molecule has 10 aromatic rings. The van der Waals surface area contributed by atoms with Gasteiger partial charge in [-0.2, -0.15) is 0 Å². The third kappa shape index (κ3) is 5.15. The van der Waals surface area contributed by atoms with Crippen molar-refractivity contribution in [1.82, 2.24) is 15.2 Å². The summed E-state index contributed by atoms with van der Waals surface area (Å²) in [4.78, 5) is 5.19. The molecule has 0 amide bonds. The summed E-state index contributed by atoms with van der Waals surface area (Å²) < 4.78 is 11.9. The Morgan fingerprint density at radius 3 is 2.21 bits per heavy atom. The zero-order chi connectivity index (χ0) is 37.5. The highest BCUT2D eigenvalue weighted by molar-refractivity contribution is 7.26. The van der Waals surface area contributed by atoms with Crippen molar-refractivity contribution in [2.75, 3.05) is 0 Å². The maximum atomic E-state index is 6.93. The standard InChI is InChI=1S/C51H36N4OS/c1-3-14-31(15-4-1)49-52-50(32-16-5-2-6-17-32)54-51(53-49)39-23-12-26-43-46(39)38-22-11-21-37(48(38)56-43)36-20-13-27-45-47(36)40-30-33(28-29-44(40)57-45)55-41-24-9-7-18-34(41)35-19-8-10-25-42(35)55/h1,3-5,7-30,49,51,53H,2,6H2,(H,52,54). The van der Waals surface area contributed by atoms with Gasteiger partial charge >= 0.3 is 0 Å². The van der Waals surface area contributed by atoms with Crippen LogP contribution in [-0.4, -0.2) is 10.4 Å². The quantitative estimate of drug-likeness (QED) is 0.184. The van der Waals surface area contributed by atoms with Crippen LogP contribution in [-0.2, 0) is 0 Å². The molecule has 2 unspecified atom stereocenters. The Morgan fingerprint density at radius 2 is 1.39 bits per heavy atom. The molecular weight excluding hydrogens is 717 g/mol. The van der Waals surface area contributed by atoms with Crippen LogP contribution in [0.5, 0.6) is 0 Å². The van der Waals surface area contributed by atoms with Crippen LogP contribution in [0.25, 0.3) is 80.7 Å². The third-order valence-electron chi connectivity index (χ3n) is 11.7. The van der Waals surface area contributed by atoms with E-state index in [0.29, 0.717) is 0 Å². The first-order valence-electron chi connectivity index (χ1n) is 19.7. The minimum Gasteiger partial charge on any atom is -0.455 e. The largest absolute Gasteiger partial charge is 0.455 e. The zero-order valence-electron chi connectivity index (χ0n) is 30.9. The van der Waals surface area contributed by atoms with Gasteiger partial charge in [-0.25, -0.2) is 4.99 Å². The topological polar surface area (TPSA) is 54.5 Å². The molecule has 2 N–H and O–H groups in total. The van der Waals surface area contributed by atoms with Gasteiger partial charge in [0.25, 0.3) is 0 Å². The first-order chi connectivity index (χ1) is 28.3. The molecule has 0 fully saturated rings. The van der Waals surface area contributed by atoms with Crippen molar-refractivity contribution in [2.45, 2.75) is 25.2 Å². The average molecular weight is 753 g/mol. The number of hydrogen-bond acceptors (Lipinski definition) is 5. The fourth-order valence-corrected chi connectivity index (χ4v) is 10.3. The predicted molar refractivity (Wildman–Crippen MR) is 238 cm³/mol. The van der Waals surface area contributed by atoms with E-state index in [2.05, 4.69) is 185 Å². The summed E-state index contributed by atoms with van der Waals surface area (Å²) in [6, 6.07) is 54.6. The molecule has 1 aliphatic heterocycles. The second kappa shape index (κ2) is 12.9. The Balaban J connectivity index is 1.02. The van der Waals surface area contributed by atoms with Gasteiger partial charge < -0.3 is 14.3 Å². The van der Waals surface area contributed by atoms with E-state index in [0.717, 1.165) is 68.6 Å². The number of nitrogens with zero attached hydrogens (tertiary/aromatic N) is 2. The van der Waals surface area contributed by atoms with Gasteiger partial charge in [0.1, 0.15) is 29.3 Å².